The van der Waals surface area contributed by atoms with E-state index in [1.54, 1.807) is 81.3 Å². The van der Waals surface area contributed by atoms with Crippen molar-refractivity contribution in [2.75, 3.05) is 35.4 Å². The highest BCUT2D eigenvalue weighted by Gasteiger charge is 2.14. The molecule has 4 heterocycles. The van der Waals surface area contributed by atoms with Crippen LogP contribution in [0.4, 0.5) is 34.9 Å². The molecule has 4 aromatic heterocycles. The highest BCUT2D eigenvalue weighted by Crippen LogP contribution is 2.25. The normalized spacial score (nSPS) is 10.1. The second-order valence-electron chi connectivity index (χ2n) is 10.8. The van der Waals surface area contributed by atoms with Gasteiger partial charge in [-0.2, -0.15) is 9.97 Å². The summed E-state index contributed by atoms with van der Waals surface area (Å²) >= 11 is 15.2. The molecule has 0 unspecified atom stereocenters. The fraction of sp³-hybridized carbons (Fsp3) is 0.143. The number of carbonyl (C=O) groups excluding carboxylic acids is 2. The minimum absolute atomic E-state index is 0.126. The maximum absolute atomic E-state index is 12.6. The number of nitrogens with zero attached hydrogens (tertiary/aromatic N) is 8. The van der Waals surface area contributed by atoms with Gasteiger partial charge in [-0.3, -0.25) is 14.6 Å². The second-order valence-corrected chi connectivity index (χ2v) is 12.4. The number of halogens is 3. The summed E-state index contributed by atoms with van der Waals surface area (Å²) in [6.07, 6.45) is 8.06. The average molecular weight is 820 g/mol. The van der Waals surface area contributed by atoms with E-state index in [0.29, 0.717) is 56.2 Å². The van der Waals surface area contributed by atoms with E-state index in [1.165, 1.54) is 6.33 Å². The van der Waals surface area contributed by atoms with E-state index < -0.39 is 5.91 Å². The van der Waals surface area contributed by atoms with Crippen molar-refractivity contribution in [1.29, 1.82) is 0 Å². The van der Waals surface area contributed by atoms with Gasteiger partial charge in [0, 0.05) is 73.1 Å². The predicted molar refractivity (Wildman–Crippen MR) is 210 cm³/mol. The van der Waals surface area contributed by atoms with Crippen LogP contribution in [0.1, 0.15) is 37.8 Å². The lowest BCUT2D eigenvalue weighted by Gasteiger charge is -2.10. The van der Waals surface area contributed by atoms with Gasteiger partial charge in [0.05, 0.1) is 33.9 Å². The van der Waals surface area contributed by atoms with E-state index in [0.717, 1.165) is 16.0 Å². The molecule has 0 spiro atoms. The number of aryl methyl sites for hydroxylation is 2. The number of ketones is 1. The molecule has 0 aliphatic carbocycles. The van der Waals surface area contributed by atoms with Gasteiger partial charge in [0.2, 0.25) is 17.8 Å². The molecule has 0 saturated heterocycles. The molecule has 6 N–H and O–H groups in total. The predicted octanol–water partition coefficient (Wildman–Crippen LogP) is 7.00. The summed E-state index contributed by atoms with van der Waals surface area (Å²) in [4.78, 5) is 56.6. The van der Waals surface area contributed by atoms with Crippen LogP contribution < -0.4 is 27.0 Å². The lowest BCUT2D eigenvalue weighted by atomic mass is 10.1. The Labute approximate surface area is 323 Å². The van der Waals surface area contributed by atoms with Crippen LogP contribution in [-0.2, 0) is 6.42 Å². The Morgan fingerprint density at radius 1 is 0.717 bits per heavy atom. The Morgan fingerprint density at radius 2 is 1.28 bits per heavy atom. The topological polar surface area (TPSA) is 211 Å². The number of Topliss-reactive ketones (excluding diaryl/α,β-unsaturated/α-hetero) is 1. The molecule has 6 rings (SSSR count). The minimum Gasteiger partial charge on any atom is -0.373 e. The number of aromatic nitrogens is 8. The zero-order valence-corrected chi connectivity index (χ0v) is 32.0. The van der Waals surface area contributed by atoms with Crippen molar-refractivity contribution in [3.63, 3.8) is 0 Å². The van der Waals surface area contributed by atoms with Crippen LogP contribution in [0.2, 0.25) is 10.0 Å². The summed E-state index contributed by atoms with van der Waals surface area (Å²) in [6, 6.07) is 15.4. The van der Waals surface area contributed by atoms with Crippen molar-refractivity contribution >= 4 is 85.7 Å². The zero-order valence-electron chi connectivity index (χ0n) is 28.9. The summed E-state index contributed by atoms with van der Waals surface area (Å²) in [5.74, 6) is 1.55. The Kier molecular flexibility index (Phi) is 14.8. The third-order valence-electron chi connectivity index (χ3n) is 6.75. The maximum atomic E-state index is 12.6. The number of nitrogens with one attached hydrogen (secondary N) is 4. The first kappa shape index (κ1) is 39.9. The number of amides is 1. The first-order valence-electron chi connectivity index (χ1n) is 15.6. The van der Waals surface area contributed by atoms with Gasteiger partial charge in [-0.1, -0.05) is 23.2 Å². The van der Waals surface area contributed by atoms with E-state index >= 15 is 0 Å². The van der Waals surface area contributed by atoms with Crippen molar-refractivity contribution in [1.82, 2.24) is 39.9 Å². The van der Waals surface area contributed by atoms with Gasteiger partial charge in [0.25, 0.3) is 0 Å². The largest absolute Gasteiger partial charge is 0.373 e. The summed E-state index contributed by atoms with van der Waals surface area (Å²) in [6.45, 7) is 3.75. The van der Waals surface area contributed by atoms with Crippen LogP contribution in [0.3, 0.4) is 0 Å². The van der Waals surface area contributed by atoms with E-state index in [-0.39, 0.29) is 17.8 Å². The van der Waals surface area contributed by atoms with Crippen molar-refractivity contribution in [3.05, 3.63) is 129 Å². The smallest absolute Gasteiger partial charge is 0.250 e. The molecule has 2 aromatic carbocycles. The van der Waals surface area contributed by atoms with E-state index in [2.05, 4.69) is 77.1 Å². The summed E-state index contributed by atoms with van der Waals surface area (Å²) in [5, 5.41) is 12.7. The summed E-state index contributed by atoms with van der Waals surface area (Å²) in [7, 11) is 3.57. The number of primary amides is 1. The fourth-order valence-corrected chi connectivity index (χ4v) is 5.01. The number of hydrogen-bond donors (Lipinski definition) is 5. The first-order valence-corrected chi connectivity index (χ1v) is 17.2. The molecular formula is C35H34BrCl2N13O2. The number of benzene rings is 2. The Morgan fingerprint density at radius 3 is 1.74 bits per heavy atom. The minimum atomic E-state index is -0.584. The summed E-state index contributed by atoms with van der Waals surface area (Å²) < 4.78 is 0.773. The molecule has 272 valence electrons. The van der Waals surface area contributed by atoms with Gasteiger partial charge in [-0.25, -0.2) is 24.9 Å². The standard InChI is InChI=1S/C18H17ClN6O.C13H14ClN5O.C4H3BrN2/c1-11-7-17(20-2)25-18(23-11)24-13-3-4-15(19)14(8-13)16(26)9-12-5-6-21-10-22-12;1-7-5-11(16-2)19-13(17-7)18-8-3-4-10(14)9(6-8)12(15)20;5-4-3-6-1-2-7-4/h3-8,10H,9H2,1-2H3,(H2,20,23,24,25);3-6H,1-2H3,(H2,15,20)(H2,16,17,18,19);1-3H. The van der Waals surface area contributed by atoms with Crippen molar-refractivity contribution in [2.24, 2.45) is 5.73 Å². The van der Waals surface area contributed by atoms with Gasteiger partial charge in [0.15, 0.2) is 5.78 Å². The van der Waals surface area contributed by atoms with Gasteiger partial charge in [-0.15, -0.1) is 0 Å². The molecule has 0 aliphatic heterocycles. The van der Waals surface area contributed by atoms with Crippen molar-refractivity contribution in [3.8, 4) is 0 Å². The first-order chi connectivity index (χ1) is 25.4. The van der Waals surface area contributed by atoms with E-state index in [1.807, 2.05) is 26.0 Å². The lowest BCUT2D eigenvalue weighted by molar-refractivity contribution is 0.0987. The van der Waals surface area contributed by atoms with Gasteiger partial charge >= 0.3 is 0 Å². The SMILES string of the molecule is Brc1cnccn1.CNc1cc(C)nc(Nc2ccc(Cl)c(C(=O)Cc3ccncn3)c2)n1.CNc1cc(C)nc(Nc2ccc(Cl)c(C(N)=O)c2)n1. The van der Waals surface area contributed by atoms with Gasteiger partial charge < -0.3 is 27.0 Å². The molecule has 0 fully saturated rings. The lowest BCUT2D eigenvalue weighted by Crippen LogP contribution is -2.12. The van der Waals surface area contributed by atoms with Crippen LogP contribution in [0, 0.1) is 13.8 Å². The number of nitrogens with two attached hydrogens (primary N) is 1. The zero-order chi connectivity index (χ0) is 38.3. The van der Waals surface area contributed by atoms with E-state index in [4.69, 9.17) is 28.9 Å². The third kappa shape index (κ3) is 12.7. The molecule has 0 saturated carbocycles. The Hall–Kier alpha value is -5.84. The third-order valence-corrected chi connectivity index (χ3v) is 7.82. The number of carbonyl (C=O) groups is 2. The highest BCUT2D eigenvalue weighted by molar-refractivity contribution is 9.10. The van der Waals surface area contributed by atoms with Crippen LogP contribution in [0.25, 0.3) is 0 Å². The molecule has 1 amide bonds. The van der Waals surface area contributed by atoms with Crippen molar-refractivity contribution in [2.45, 2.75) is 20.3 Å². The fourth-order valence-electron chi connectivity index (χ4n) is 4.34. The summed E-state index contributed by atoms with van der Waals surface area (Å²) in [5.41, 5.74) is 9.50. The Bertz CT molecular complexity index is 2160. The Balaban J connectivity index is 0.000000204. The van der Waals surface area contributed by atoms with Crippen LogP contribution >= 0.6 is 39.1 Å². The van der Waals surface area contributed by atoms with Gasteiger partial charge in [-0.05, 0) is 72.2 Å². The van der Waals surface area contributed by atoms with Crippen LogP contribution in [-0.4, -0.2) is 65.7 Å². The molecule has 0 aliphatic rings. The number of anilines is 6. The average Bonchev–Trinajstić information content (AvgIpc) is 3.14. The molecule has 0 atom stereocenters. The molecule has 18 heteroatoms. The monoisotopic (exact) mass is 817 g/mol. The molecule has 15 nitrogen and oxygen atoms in total. The number of hydrogen-bond acceptors (Lipinski definition) is 14. The van der Waals surface area contributed by atoms with Crippen molar-refractivity contribution < 1.29 is 9.59 Å². The second kappa shape index (κ2) is 19.7. The van der Waals surface area contributed by atoms with Gasteiger partial charge in [0.1, 0.15) is 22.6 Å². The highest BCUT2D eigenvalue weighted by atomic mass is 79.9. The number of rotatable bonds is 10. The molecule has 0 bridgehead atoms. The van der Waals surface area contributed by atoms with Crippen LogP contribution in [0.5, 0.6) is 0 Å². The maximum Gasteiger partial charge on any atom is 0.250 e. The van der Waals surface area contributed by atoms with Crippen LogP contribution in [0.15, 0.2) is 90.3 Å². The molecule has 53 heavy (non-hydrogen) atoms. The quantitative estimate of drug-likeness (QED) is 0.0882. The molecule has 0 radical (unpaired) electrons. The van der Waals surface area contributed by atoms with E-state index in [9.17, 15) is 9.59 Å². The molecular weight excluding hydrogens is 785 g/mol. The molecule has 6 aromatic rings.